The molecule has 2 rings (SSSR count). The van der Waals surface area contributed by atoms with E-state index in [0.29, 0.717) is 5.92 Å². The maximum atomic E-state index is 4.67. The van der Waals surface area contributed by atoms with Gasteiger partial charge < -0.3 is 9.88 Å². The van der Waals surface area contributed by atoms with Crippen LogP contribution in [0.3, 0.4) is 0 Å². The molecule has 0 saturated heterocycles. The molecule has 0 bridgehead atoms. The summed E-state index contributed by atoms with van der Waals surface area (Å²) in [6.07, 6.45) is 5.52. The fourth-order valence-electron chi connectivity index (χ4n) is 1.95. The summed E-state index contributed by atoms with van der Waals surface area (Å²) in [6.45, 7) is 9.47. The Morgan fingerprint density at radius 1 is 1.42 bits per heavy atom. The van der Waals surface area contributed by atoms with Crippen LogP contribution in [0.4, 0.5) is 0 Å². The van der Waals surface area contributed by atoms with Crippen molar-refractivity contribution >= 4 is 11.3 Å². The van der Waals surface area contributed by atoms with Crippen LogP contribution in [0.15, 0.2) is 23.8 Å². The maximum Gasteiger partial charge on any atom is 0.0954 e. The van der Waals surface area contributed by atoms with Crippen molar-refractivity contribution in [2.75, 3.05) is 6.54 Å². The highest BCUT2D eigenvalue weighted by atomic mass is 32.1. The first-order chi connectivity index (χ1) is 9.19. The quantitative estimate of drug-likeness (QED) is 0.783. The Kier molecular flexibility index (Phi) is 5.16. The molecule has 0 radical (unpaired) electrons. The summed E-state index contributed by atoms with van der Waals surface area (Å²) in [6, 6.07) is 2.18. The molecule has 0 aromatic carbocycles. The Hall–Kier alpha value is -1.13. The minimum atomic E-state index is 0.525. The Bertz CT molecular complexity index is 499. The Morgan fingerprint density at radius 2 is 2.26 bits per heavy atom. The highest BCUT2D eigenvalue weighted by Crippen LogP contribution is 2.19. The number of nitrogens with one attached hydrogen (secondary N) is 1. The van der Waals surface area contributed by atoms with Gasteiger partial charge in [0.25, 0.3) is 0 Å². The molecular weight excluding hydrogens is 254 g/mol. The second-order valence-corrected chi connectivity index (χ2v) is 6.09. The van der Waals surface area contributed by atoms with Gasteiger partial charge in [0.2, 0.25) is 0 Å². The van der Waals surface area contributed by atoms with E-state index >= 15 is 0 Å². The Balaban J connectivity index is 1.91. The van der Waals surface area contributed by atoms with Gasteiger partial charge in [-0.25, -0.2) is 4.98 Å². The average molecular weight is 277 g/mol. The lowest BCUT2D eigenvalue weighted by Crippen LogP contribution is -2.13. The molecule has 0 spiro atoms. The van der Waals surface area contributed by atoms with Crippen LogP contribution in [0.5, 0.6) is 0 Å². The number of thiazole rings is 1. The largest absolute Gasteiger partial charge is 0.348 e. The fraction of sp³-hybridized carbons (Fsp3) is 0.533. The third-order valence-corrected chi connectivity index (χ3v) is 4.17. The number of rotatable bonds is 7. The summed E-state index contributed by atoms with van der Waals surface area (Å²) >= 11 is 1.76. The summed E-state index contributed by atoms with van der Waals surface area (Å²) in [5.74, 6) is 0.525. The lowest BCUT2D eigenvalue weighted by molar-refractivity contribution is 0.673. The first kappa shape index (κ1) is 14.3. The molecule has 19 heavy (non-hydrogen) atoms. The van der Waals surface area contributed by atoms with Gasteiger partial charge in [0.05, 0.1) is 17.2 Å². The SMILES string of the molecule is CCCNCc1ccn(Cc2csc(C(C)C)n2)c1. The van der Waals surface area contributed by atoms with E-state index in [2.05, 4.69) is 59.5 Å². The van der Waals surface area contributed by atoms with Gasteiger partial charge in [0, 0.05) is 30.2 Å². The van der Waals surface area contributed by atoms with Crippen LogP contribution in [-0.4, -0.2) is 16.1 Å². The summed E-state index contributed by atoms with van der Waals surface area (Å²) < 4.78 is 2.21. The van der Waals surface area contributed by atoms with Crippen LogP contribution in [0, 0.1) is 0 Å². The summed E-state index contributed by atoms with van der Waals surface area (Å²) in [4.78, 5) is 4.67. The molecule has 0 unspecified atom stereocenters. The van der Waals surface area contributed by atoms with Crippen molar-refractivity contribution in [1.82, 2.24) is 14.9 Å². The number of nitrogens with zero attached hydrogens (tertiary/aromatic N) is 2. The lowest BCUT2D eigenvalue weighted by atomic mass is 10.2. The Morgan fingerprint density at radius 3 is 2.95 bits per heavy atom. The predicted molar refractivity (Wildman–Crippen MR) is 81.7 cm³/mol. The van der Waals surface area contributed by atoms with Crippen molar-refractivity contribution in [3.8, 4) is 0 Å². The van der Waals surface area contributed by atoms with Crippen LogP contribution in [0.2, 0.25) is 0 Å². The topological polar surface area (TPSA) is 29.9 Å². The summed E-state index contributed by atoms with van der Waals surface area (Å²) in [5, 5.41) is 6.82. The second-order valence-electron chi connectivity index (χ2n) is 5.20. The van der Waals surface area contributed by atoms with E-state index in [1.807, 2.05) is 0 Å². The van der Waals surface area contributed by atoms with Gasteiger partial charge in [-0.2, -0.15) is 0 Å². The molecule has 1 N–H and O–H groups in total. The van der Waals surface area contributed by atoms with Crippen LogP contribution >= 0.6 is 11.3 Å². The van der Waals surface area contributed by atoms with Gasteiger partial charge in [-0.05, 0) is 24.6 Å². The third kappa shape index (κ3) is 4.18. The maximum absolute atomic E-state index is 4.67. The molecule has 3 nitrogen and oxygen atoms in total. The fourth-order valence-corrected chi connectivity index (χ4v) is 2.78. The van der Waals surface area contributed by atoms with Gasteiger partial charge in [-0.1, -0.05) is 20.8 Å². The van der Waals surface area contributed by atoms with Crippen molar-refractivity contribution in [2.45, 2.75) is 46.2 Å². The lowest BCUT2D eigenvalue weighted by Gasteiger charge is -2.01. The smallest absolute Gasteiger partial charge is 0.0954 e. The van der Waals surface area contributed by atoms with Gasteiger partial charge >= 0.3 is 0 Å². The van der Waals surface area contributed by atoms with Gasteiger partial charge in [0.15, 0.2) is 0 Å². The highest BCUT2D eigenvalue weighted by molar-refractivity contribution is 7.09. The molecule has 2 aromatic rings. The third-order valence-electron chi connectivity index (χ3n) is 2.98. The van der Waals surface area contributed by atoms with E-state index in [9.17, 15) is 0 Å². The van der Waals surface area contributed by atoms with Crippen molar-refractivity contribution in [3.63, 3.8) is 0 Å². The molecule has 0 aliphatic heterocycles. The molecule has 0 atom stereocenters. The second kappa shape index (κ2) is 6.87. The molecule has 0 amide bonds. The minimum Gasteiger partial charge on any atom is -0.348 e. The normalized spacial score (nSPS) is 11.4. The van der Waals surface area contributed by atoms with Gasteiger partial charge in [0.1, 0.15) is 0 Å². The van der Waals surface area contributed by atoms with Crippen molar-refractivity contribution in [1.29, 1.82) is 0 Å². The van der Waals surface area contributed by atoms with Crippen LogP contribution in [-0.2, 0) is 13.1 Å². The van der Waals surface area contributed by atoms with E-state index in [-0.39, 0.29) is 0 Å². The zero-order chi connectivity index (χ0) is 13.7. The van der Waals surface area contributed by atoms with E-state index in [1.165, 1.54) is 17.0 Å². The number of aromatic nitrogens is 2. The zero-order valence-corrected chi connectivity index (χ0v) is 12.8. The van der Waals surface area contributed by atoms with Crippen LogP contribution in [0.25, 0.3) is 0 Å². The molecule has 2 aromatic heterocycles. The molecular formula is C15H23N3S. The van der Waals surface area contributed by atoms with Gasteiger partial charge in [-0.3, -0.25) is 0 Å². The molecule has 2 heterocycles. The Labute approximate surface area is 119 Å². The van der Waals surface area contributed by atoms with Crippen LogP contribution in [0.1, 0.15) is 49.4 Å². The van der Waals surface area contributed by atoms with Gasteiger partial charge in [-0.15, -0.1) is 11.3 Å². The van der Waals surface area contributed by atoms with E-state index in [4.69, 9.17) is 0 Å². The minimum absolute atomic E-state index is 0.525. The summed E-state index contributed by atoms with van der Waals surface area (Å²) in [7, 11) is 0. The number of hydrogen-bond donors (Lipinski definition) is 1. The highest BCUT2D eigenvalue weighted by Gasteiger charge is 2.06. The van der Waals surface area contributed by atoms with E-state index in [1.54, 1.807) is 11.3 Å². The number of hydrogen-bond acceptors (Lipinski definition) is 3. The van der Waals surface area contributed by atoms with Crippen molar-refractivity contribution in [3.05, 3.63) is 40.1 Å². The molecule has 4 heteroatoms. The monoisotopic (exact) mass is 277 g/mol. The summed E-state index contributed by atoms with van der Waals surface area (Å²) in [5.41, 5.74) is 2.50. The van der Waals surface area contributed by atoms with Crippen molar-refractivity contribution < 1.29 is 0 Å². The molecule has 0 aliphatic carbocycles. The first-order valence-corrected chi connectivity index (χ1v) is 7.86. The average Bonchev–Trinajstić information content (AvgIpc) is 3.00. The molecule has 0 aliphatic rings. The van der Waals surface area contributed by atoms with Crippen LogP contribution < -0.4 is 5.32 Å². The zero-order valence-electron chi connectivity index (χ0n) is 12.0. The molecule has 0 saturated carbocycles. The standard InChI is InChI=1S/C15H23N3S/c1-4-6-16-8-13-5-7-18(9-13)10-14-11-19-15(17-14)12(2)3/h5,7,9,11-12,16H,4,6,8,10H2,1-3H3. The first-order valence-electron chi connectivity index (χ1n) is 6.98. The predicted octanol–water partition coefficient (Wildman–Crippen LogP) is 3.62. The van der Waals surface area contributed by atoms with E-state index < -0.39 is 0 Å². The molecule has 0 fully saturated rings. The molecule has 104 valence electrons. The van der Waals surface area contributed by atoms with E-state index in [0.717, 1.165) is 25.3 Å². The van der Waals surface area contributed by atoms with Crippen molar-refractivity contribution in [2.24, 2.45) is 0 Å².